The number of nitrogens with one attached hydrogen (secondary N) is 3. The Kier molecular flexibility index (Phi) is 9.07. The molecule has 3 amide bonds. The van der Waals surface area contributed by atoms with Crippen LogP contribution in [0.5, 0.6) is 5.75 Å². The fraction of sp³-hybridized carbons (Fsp3) is 0.375. The lowest BCUT2D eigenvalue weighted by Gasteiger charge is -2.19. The summed E-state index contributed by atoms with van der Waals surface area (Å²) in [4.78, 5) is 35.8. The summed E-state index contributed by atoms with van der Waals surface area (Å²) in [7, 11) is 0. The molecule has 8 nitrogen and oxygen atoms in total. The van der Waals surface area contributed by atoms with Crippen LogP contribution in [0.2, 0.25) is 0 Å². The maximum absolute atomic E-state index is 12.2. The van der Waals surface area contributed by atoms with Crippen LogP contribution in [0.15, 0.2) is 48.5 Å². The van der Waals surface area contributed by atoms with Gasteiger partial charge in [0.05, 0.1) is 0 Å². The first-order valence-corrected chi connectivity index (χ1v) is 10.5. The number of amides is 3. The highest BCUT2D eigenvalue weighted by Gasteiger charge is 2.16. The van der Waals surface area contributed by atoms with Gasteiger partial charge in [0.2, 0.25) is 5.91 Å². The zero-order valence-electron chi connectivity index (χ0n) is 19.0. The zero-order valence-corrected chi connectivity index (χ0v) is 19.0. The van der Waals surface area contributed by atoms with Gasteiger partial charge in [-0.2, -0.15) is 0 Å². The predicted molar refractivity (Wildman–Crippen MR) is 124 cm³/mol. The minimum absolute atomic E-state index is 0.0971. The standard InChI is InChI=1S/C24H31N3O5/c1-5-17-8-6-7-9-20(17)31-16-22(29)27-19-12-10-18(11-13-19)26-21(28)14-15-25-23(30)32-24(2,3)4/h6-13H,5,14-16H2,1-4H3,(H,25,30)(H,26,28)(H,27,29). The van der Waals surface area contributed by atoms with E-state index in [0.29, 0.717) is 17.1 Å². The number of aryl methyl sites for hydroxylation is 1. The molecule has 0 heterocycles. The maximum atomic E-state index is 12.2. The van der Waals surface area contributed by atoms with E-state index in [-0.39, 0.29) is 31.4 Å². The van der Waals surface area contributed by atoms with Crippen LogP contribution in [0.3, 0.4) is 0 Å². The van der Waals surface area contributed by atoms with Crippen molar-refractivity contribution in [2.24, 2.45) is 0 Å². The van der Waals surface area contributed by atoms with Crippen molar-refractivity contribution in [2.45, 2.75) is 46.1 Å². The SMILES string of the molecule is CCc1ccccc1OCC(=O)Nc1ccc(NC(=O)CCNC(=O)OC(C)(C)C)cc1. The van der Waals surface area contributed by atoms with Gasteiger partial charge < -0.3 is 25.4 Å². The molecule has 0 aliphatic carbocycles. The second-order valence-corrected chi connectivity index (χ2v) is 8.10. The normalized spacial score (nSPS) is 10.8. The molecule has 3 N–H and O–H groups in total. The number of ether oxygens (including phenoxy) is 2. The van der Waals surface area contributed by atoms with Crippen LogP contribution in [0.4, 0.5) is 16.2 Å². The number of rotatable bonds is 9. The first-order chi connectivity index (χ1) is 15.2. The van der Waals surface area contributed by atoms with Gasteiger partial charge in [0.25, 0.3) is 5.91 Å². The molecule has 0 atom stereocenters. The van der Waals surface area contributed by atoms with E-state index in [1.165, 1.54) is 0 Å². The zero-order chi connectivity index (χ0) is 23.6. The third kappa shape index (κ3) is 9.07. The summed E-state index contributed by atoms with van der Waals surface area (Å²) in [6.07, 6.45) is 0.364. The molecule has 2 aromatic rings. The van der Waals surface area contributed by atoms with Crippen LogP contribution < -0.4 is 20.7 Å². The van der Waals surface area contributed by atoms with Gasteiger partial charge in [-0.05, 0) is 63.1 Å². The van der Waals surface area contributed by atoms with Gasteiger partial charge in [-0.15, -0.1) is 0 Å². The molecule has 0 unspecified atom stereocenters. The minimum Gasteiger partial charge on any atom is -0.483 e. The highest BCUT2D eigenvalue weighted by molar-refractivity contribution is 5.93. The van der Waals surface area contributed by atoms with Gasteiger partial charge >= 0.3 is 6.09 Å². The van der Waals surface area contributed by atoms with Crippen LogP contribution in [-0.2, 0) is 20.7 Å². The molecule has 0 saturated carbocycles. The topological polar surface area (TPSA) is 106 Å². The first-order valence-electron chi connectivity index (χ1n) is 10.5. The largest absolute Gasteiger partial charge is 0.483 e. The molecule has 2 aromatic carbocycles. The van der Waals surface area contributed by atoms with Crippen LogP contribution in [0.25, 0.3) is 0 Å². The van der Waals surface area contributed by atoms with Gasteiger partial charge in [0, 0.05) is 24.3 Å². The lowest BCUT2D eigenvalue weighted by atomic mass is 10.1. The molecule has 0 radical (unpaired) electrons. The molecule has 172 valence electrons. The van der Waals surface area contributed by atoms with Crippen molar-refractivity contribution in [2.75, 3.05) is 23.8 Å². The van der Waals surface area contributed by atoms with E-state index in [0.717, 1.165) is 12.0 Å². The van der Waals surface area contributed by atoms with Gasteiger partial charge in [-0.1, -0.05) is 25.1 Å². The number of benzene rings is 2. The van der Waals surface area contributed by atoms with Crippen molar-refractivity contribution < 1.29 is 23.9 Å². The van der Waals surface area contributed by atoms with Crippen molar-refractivity contribution in [1.29, 1.82) is 0 Å². The summed E-state index contributed by atoms with van der Waals surface area (Å²) in [6.45, 7) is 7.40. The Morgan fingerprint density at radius 2 is 1.47 bits per heavy atom. The molecular formula is C24H31N3O5. The van der Waals surface area contributed by atoms with Crippen LogP contribution >= 0.6 is 0 Å². The summed E-state index contributed by atoms with van der Waals surface area (Å²) < 4.78 is 10.7. The summed E-state index contributed by atoms with van der Waals surface area (Å²) in [5.41, 5.74) is 1.63. The van der Waals surface area contributed by atoms with Gasteiger partial charge in [-0.25, -0.2) is 4.79 Å². The van der Waals surface area contributed by atoms with Crippen molar-refractivity contribution in [3.05, 3.63) is 54.1 Å². The maximum Gasteiger partial charge on any atom is 0.407 e. The number of alkyl carbamates (subject to hydrolysis) is 1. The third-order valence-electron chi connectivity index (χ3n) is 4.18. The molecule has 0 bridgehead atoms. The number of para-hydroxylation sites is 1. The highest BCUT2D eigenvalue weighted by Crippen LogP contribution is 2.18. The molecular weight excluding hydrogens is 410 g/mol. The summed E-state index contributed by atoms with van der Waals surface area (Å²) >= 11 is 0. The second kappa shape index (κ2) is 11.7. The van der Waals surface area contributed by atoms with Crippen molar-refractivity contribution in [1.82, 2.24) is 5.32 Å². The fourth-order valence-corrected chi connectivity index (χ4v) is 2.73. The Labute approximate surface area is 188 Å². The summed E-state index contributed by atoms with van der Waals surface area (Å²) in [5, 5.41) is 8.03. The second-order valence-electron chi connectivity index (χ2n) is 8.10. The predicted octanol–water partition coefficient (Wildman–Crippen LogP) is 4.12. The number of carbonyl (C=O) groups is 3. The molecule has 0 saturated heterocycles. The third-order valence-corrected chi connectivity index (χ3v) is 4.18. The Morgan fingerprint density at radius 1 is 0.875 bits per heavy atom. The Balaban J connectivity index is 1.73. The minimum atomic E-state index is -0.588. The summed E-state index contributed by atoms with van der Waals surface area (Å²) in [5.74, 6) is 0.172. The molecule has 0 aliphatic heterocycles. The average Bonchev–Trinajstić information content (AvgIpc) is 2.72. The van der Waals surface area contributed by atoms with Crippen LogP contribution in [-0.4, -0.2) is 36.7 Å². The van der Waals surface area contributed by atoms with E-state index >= 15 is 0 Å². The molecule has 0 aromatic heterocycles. The van der Waals surface area contributed by atoms with E-state index in [4.69, 9.17) is 9.47 Å². The van der Waals surface area contributed by atoms with E-state index in [1.54, 1.807) is 45.0 Å². The molecule has 2 rings (SSSR count). The van der Waals surface area contributed by atoms with Crippen LogP contribution in [0.1, 0.15) is 39.7 Å². The van der Waals surface area contributed by atoms with Crippen molar-refractivity contribution in [3.8, 4) is 5.75 Å². The monoisotopic (exact) mass is 441 g/mol. The number of hydrogen-bond acceptors (Lipinski definition) is 5. The van der Waals surface area contributed by atoms with Gasteiger partial charge in [0.15, 0.2) is 6.61 Å². The van der Waals surface area contributed by atoms with Crippen LogP contribution in [0, 0.1) is 0 Å². The molecule has 32 heavy (non-hydrogen) atoms. The van der Waals surface area contributed by atoms with Gasteiger partial charge in [-0.3, -0.25) is 9.59 Å². The first kappa shape index (κ1) is 24.7. The lowest BCUT2D eigenvalue weighted by molar-refractivity contribution is -0.118. The fourth-order valence-electron chi connectivity index (χ4n) is 2.73. The quantitative estimate of drug-likeness (QED) is 0.543. The Bertz CT molecular complexity index is 920. The average molecular weight is 442 g/mol. The molecule has 8 heteroatoms. The van der Waals surface area contributed by atoms with Gasteiger partial charge in [0.1, 0.15) is 11.4 Å². The number of hydrogen-bond donors (Lipinski definition) is 3. The van der Waals surface area contributed by atoms with E-state index in [2.05, 4.69) is 16.0 Å². The lowest BCUT2D eigenvalue weighted by Crippen LogP contribution is -2.34. The van der Waals surface area contributed by atoms with Crippen molar-refractivity contribution >= 4 is 29.3 Å². The number of anilines is 2. The number of carbonyl (C=O) groups excluding carboxylic acids is 3. The van der Waals surface area contributed by atoms with E-state index in [9.17, 15) is 14.4 Å². The van der Waals surface area contributed by atoms with E-state index < -0.39 is 11.7 Å². The Hall–Kier alpha value is -3.55. The highest BCUT2D eigenvalue weighted by atomic mass is 16.6. The smallest absolute Gasteiger partial charge is 0.407 e. The summed E-state index contributed by atoms with van der Waals surface area (Å²) in [6, 6.07) is 14.3. The molecule has 0 spiro atoms. The molecule has 0 fully saturated rings. The Morgan fingerprint density at radius 3 is 2.06 bits per heavy atom. The van der Waals surface area contributed by atoms with E-state index in [1.807, 2.05) is 31.2 Å². The van der Waals surface area contributed by atoms with Crippen molar-refractivity contribution in [3.63, 3.8) is 0 Å². The molecule has 0 aliphatic rings.